The van der Waals surface area contributed by atoms with Gasteiger partial charge in [0.1, 0.15) is 17.6 Å². The van der Waals surface area contributed by atoms with Gasteiger partial charge in [-0.05, 0) is 79.8 Å². The van der Waals surface area contributed by atoms with Crippen molar-refractivity contribution in [2.24, 2.45) is 5.92 Å². The third-order valence-corrected chi connectivity index (χ3v) is 7.80. The fourth-order valence-electron chi connectivity index (χ4n) is 4.98. The van der Waals surface area contributed by atoms with Gasteiger partial charge in [-0.15, -0.1) is 0 Å². The molecule has 1 fully saturated rings. The first-order valence-corrected chi connectivity index (χ1v) is 15.4. The molecule has 0 N–H and O–H groups in total. The molecule has 0 radical (unpaired) electrons. The van der Waals surface area contributed by atoms with Crippen LogP contribution in [-0.2, 0) is 9.53 Å². The summed E-state index contributed by atoms with van der Waals surface area (Å²) in [4.78, 5) is 11.9. The van der Waals surface area contributed by atoms with Crippen LogP contribution in [0.25, 0.3) is 11.1 Å². The average molecular weight is 561 g/mol. The Hall–Kier alpha value is -2.27. The van der Waals surface area contributed by atoms with E-state index >= 15 is 0 Å². The molecule has 0 heterocycles. The van der Waals surface area contributed by atoms with Gasteiger partial charge in [-0.3, -0.25) is 0 Å². The molecular weight excluding hydrogens is 515 g/mol. The van der Waals surface area contributed by atoms with Gasteiger partial charge in [-0.25, -0.2) is 9.18 Å². The minimum absolute atomic E-state index is 0.174. The molecule has 4 nitrogen and oxygen atoms in total. The third-order valence-electron chi connectivity index (χ3n) is 7.50. The molecule has 1 aliphatic carbocycles. The lowest BCUT2D eigenvalue weighted by atomic mass is 9.88. The van der Waals surface area contributed by atoms with E-state index in [1.54, 1.807) is 0 Å². The van der Waals surface area contributed by atoms with E-state index in [2.05, 4.69) is 6.92 Å². The Labute approximate surface area is 239 Å². The van der Waals surface area contributed by atoms with Crippen LogP contribution in [0, 0.1) is 5.92 Å². The summed E-state index contributed by atoms with van der Waals surface area (Å²) >= 11 is 6.51. The van der Waals surface area contributed by atoms with Crippen molar-refractivity contribution in [2.45, 2.75) is 110 Å². The molecule has 0 aliphatic heterocycles. The van der Waals surface area contributed by atoms with Gasteiger partial charge in [0.05, 0.1) is 18.2 Å². The van der Waals surface area contributed by atoms with E-state index < -0.39 is 12.1 Å². The quantitative estimate of drug-likeness (QED) is 0.143. The normalized spacial score (nSPS) is 17.9. The van der Waals surface area contributed by atoms with Crippen LogP contribution in [0.3, 0.4) is 0 Å². The molecule has 39 heavy (non-hydrogen) atoms. The Balaban J connectivity index is 1.37. The highest BCUT2D eigenvalue weighted by Crippen LogP contribution is 2.32. The largest absolute Gasteiger partial charge is 0.493 e. The van der Waals surface area contributed by atoms with Crippen molar-refractivity contribution >= 4 is 17.6 Å². The van der Waals surface area contributed by atoms with Gasteiger partial charge < -0.3 is 14.2 Å². The second kappa shape index (κ2) is 17.4. The van der Waals surface area contributed by atoms with E-state index in [0.717, 1.165) is 61.2 Å². The number of carbonyl (C=O) groups excluding carboxylic acids is 1. The van der Waals surface area contributed by atoms with Crippen LogP contribution in [0.4, 0.5) is 4.39 Å². The molecule has 2 aromatic carbocycles. The van der Waals surface area contributed by atoms with Gasteiger partial charge in [-0.1, -0.05) is 88.6 Å². The smallest absolute Gasteiger partial charge is 0.340 e. The summed E-state index contributed by atoms with van der Waals surface area (Å²) in [5.41, 5.74) is 2.11. The molecule has 0 aromatic heterocycles. The molecule has 0 spiro atoms. The Bertz CT molecular complexity index is 972. The SMILES string of the molecule is CCCCCCCCOc1ccc(-c2ccc(OC[C@H]3CC[C@H](OC(=O)[C@H](F)CCCC)CC3)cc2)cc1Cl. The second-order valence-electron chi connectivity index (χ2n) is 10.8. The summed E-state index contributed by atoms with van der Waals surface area (Å²) in [6.45, 7) is 5.53. The summed E-state index contributed by atoms with van der Waals surface area (Å²) in [7, 11) is 0. The monoisotopic (exact) mass is 560 g/mol. The minimum atomic E-state index is -1.49. The maximum atomic E-state index is 13.9. The number of halogens is 2. The van der Waals surface area contributed by atoms with Crippen LogP contribution in [0.2, 0.25) is 5.02 Å². The molecule has 0 bridgehead atoms. The third kappa shape index (κ3) is 11.0. The number of esters is 1. The number of benzene rings is 2. The van der Waals surface area contributed by atoms with E-state index in [4.69, 9.17) is 25.8 Å². The van der Waals surface area contributed by atoms with Gasteiger partial charge in [0.25, 0.3) is 0 Å². The molecule has 0 saturated heterocycles. The van der Waals surface area contributed by atoms with Crippen LogP contribution in [-0.4, -0.2) is 31.5 Å². The van der Waals surface area contributed by atoms with Gasteiger partial charge in [0, 0.05) is 0 Å². The number of carbonyl (C=O) groups is 1. The van der Waals surface area contributed by atoms with Gasteiger partial charge in [-0.2, -0.15) is 0 Å². The second-order valence-corrected chi connectivity index (χ2v) is 11.2. The first kappa shape index (κ1) is 31.3. The van der Waals surface area contributed by atoms with E-state index in [-0.39, 0.29) is 12.5 Å². The Morgan fingerprint density at radius 2 is 1.54 bits per heavy atom. The fourth-order valence-corrected chi connectivity index (χ4v) is 5.21. The lowest BCUT2D eigenvalue weighted by Crippen LogP contribution is -2.30. The van der Waals surface area contributed by atoms with Crippen molar-refractivity contribution in [3.05, 3.63) is 47.5 Å². The zero-order chi connectivity index (χ0) is 27.9. The van der Waals surface area contributed by atoms with Crippen molar-refractivity contribution in [1.29, 1.82) is 0 Å². The topological polar surface area (TPSA) is 44.8 Å². The highest BCUT2D eigenvalue weighted by molar-refractivity contribution is 6.32. The maximum Gasteiger partial charge on any atom is 0.340 e. The van der Waals surface area contributed by atoms with E-state index in [1.165, 1.54) is 32.1 Å². The number of hydrogen-bond donors (Lipinski definition) is 0. The summed E-state index contributed by atoms with van der Waals surface area (Å²) in [6, 6.07) is 14.0. The van der Waals surface area contributed by atoms with Crippen LogP contribution < -0.4 is 9.47 Å². The Morgan fingerprint density at radius 1 is 0.872 bits per heavy atom. The zero-order valence-corrected chi connectivity index (χ0v) is 24.5. The summed E-state index contributed by atoms with van der Waals surface area (Å²) in [5, 5.41) is 0.628. The zero-order valence-electron chi connectivity index (χ0n) is 23.8. The van der Waals surface area contributed by atoms with Crippen LogP contribution >= 0.6 is 11.6 Å². The van der Waals surface area contributed by atoms with E-state index in [1.807, 2.05) is 49.4 Å². The maximum absolute atomic E-state index is 13.9. The average Bonchev–Trinajstić information content (AvgIpc) is 2.96. The standard InChI is InChI=1S/C33H46ClFO4/c1-3-5-7-8-9-10-22-37-32-21-16-27(23-30(32)34)26-14-19-28(20-15-26)38-24-25-12-17-29(18-13-25)39-33(36)31(35)11-6-4-2/h14-16,19-21,23,25,29,31H,3-13,17-18,22,24H2,1-2H3/t25-,29-,31-/m1/s1. The highest BCUT2D eigenvalue weighted by Gasteiger charge is 2.27. The molecule has 0 amide bonds. The summed E-state index contributed by atoms with van der Waals surface area (Å²) in [5.74, 6) is 1.27. The number of ether oxygens (including phenoxy) is 3. The molecule has 6 heteroatoms. The van der Waals surface area contributed by atoms with Crippen molar-refractivity contribution in [2.75, 3.05) is 13.2 Å². The molecule has 2 aromatic rings. The lowest BCUT2D eigenvalue weighted by molar-refractivity contribution is -0.157. The molecule has 0 unspecified atom stereocenters. The van der Waals surface area contributed by atoms with Crippen LogP contribution in [0.1, 0.15) is 97.3 Å². The molecule has 1 aliphatic rings. The Kier molecular flexibility index (Phi) is 14.0. The van der Waals surface area contributed by atoms with Crippen molar-refractivity contribution in [3.8, 4) is 22.6 Å². The lowest BCUT2D eigenvalue weighted by Gasteiger charge is -2.28. The van der Waals surface area contributed by atoms with E-state index in [0.29, 0.717) is 30.6 Å². The summed E-state index contributed by atoms with van der Waals surface area (Å²) in [6.07, 6.45) is 10.9. The first-order valence-electron chi connectivity index (χ1n) is 15.0. The molecule has 216 valence electrons. The minimum Gasteiger partial charge on any atom is -0.493 e. The number of alkyl halides is 1. The number of hydrogen-bond acceptors (Lipinski definition) is 4. The predicted octanol–water partition coefficient (Wildman–Crippen LogP) is 9.76. The van der Waals surface area contributed by atoms with Crippen LogP contribution in [0.5, 0.6) is 11.5 Å². The predicted molar refractivity (Wildman–Crippen MR) is 158 cm³/mol. The molecule has 3 rings (SSSR count). The molecule has 1 atom stereocenters. The van der Waals surface area contributed by atoms with Crippen LogP contribution in [0.15, 0.2) is 42.5 Å². The molecular formula is C33H46ClFO4. The highest BCUT2D eigenvalue weighted by atomic mass is 35.5. The van der Waals surface area contributed by atoms with Gasteiger partial charge in [0.15, 0.2) is 6.17 Å². The fraction of sp³-hybridized carbons (Fsp3) is 0.606. The number of unbranched alkanes of at least 4 members (excludes halogenated alkanes) is 6. The van der Waals surface area contributed by atoms with Crippen molar-refractivity contribution in [1.82, 2.24) is 0 Å². The van der Waals surface area contributed by atoms with Crippen molar-refractivity contribution in [3.63, 3.8) is 0 Å². The molecule has 1 saturated carbocycles. The Morgan fingerprint density at radius 3 is 2.23 bits per heavy atom. The van der Waals surface area contributed by atoms with Crippen molar-refractivity contribution < 1.29 is 23.4 Å². The van der Waals surface area contributed by atoms with E-state index in [9.17, 15) is 9.18 Å². The van der Waals surface area contributed by atoms with Gasteiger partial charge in [0.2, 0.25) is 0 Å². The van der Waals surface area contributed by atoms with Gasteiger partial charge >= 0.3 is 5.97 Å². The summed E-state index contributed by atoms with van der Waals surface area (Å²) < 4.78 is 31.2. The first-order chi connectivity index (χ1) is 19.0. The number of rotatable bonds is 17.